The van der Waals surface area contributed by atoms with E-state index in [1.54, 1.807) is 12.1 Å². The number of ketones is 1. The third kappa shape index (κ3) is 4.66. The zero-order valence-corrected chi connectivity index (χ0v) is 19.9. The molecular weight excluding hydrogens is 489 g/mol. The van der Waals surface area contributed by atoms with Crippen LogP contribution < -0.4 is 10.0 Å². The van der Waals surface area contributed by atoms with Crippen LogP contribution in [0.25, 0.3) is 5.76 Å². The third-order valence-electron chi connectivity index (χ3n) is 5.78. The summed E-state index contributed by atoms with van der Waals surface area (Å²) in [6, 6.07) is 11.3. The first-order valence-corrected chi connectivity index (χ1v) is 13.6. The molecule has 4 rings (SSSR count). The van der Waals surface area contributed by atoms with E-state index in [4.69, 9.17) is 0 Å². The molecule has 34 heavy (non-hydrogen) atoms. The van der Waals surface area contributed by atoms with Crippen molar-refractivity contribution in [1.82, 2.24) is 0 Å². The molecule has 0 amide bonds. The SMILES string of the molecule is CCCC1(C)C(=O)C(C2=NS(O)(O)c3cc(NS(C)(=O)=O)ccc3N2)=C(O)c2ccccc21.[NaH]. The molecule has 12 heteroatoms. The van der Waals surface area contributed by atoms with Gasteiger partial charge in [0.1, 0.15) is 16.2 Å². The Balaban J connectivity index is 0.00000324. The first-order chi connectivity index (χ1) is 15.4. The van der Waals surface area contributed by atoms with Crippen LogP contribution in [0.3, 0.4) is 0 Å². The Hall–Kier alpha value is -1.86. The molecule has 5 N–H and O–H groups in total. The van der Waals surface area contributed by atoms with Gasteiger partial charge >= 0.3 is 29.6 Å². The Morgan fingerprint density at radius 1 is 1.18 bits per heavy atom. The van der Waals surface area contributed by atoms with E-state index in [0.717, 1.165) is 12.7 Å². The van der Waals surface area contributed by atoms with Gasteiger partial charge < -0.3 is 10.4 Å². The number of benzene rings is 2. The van der Waals surface area contributed by atoms with E-state index in [1.165, 1.54) is 18.2 Å². The van der Waals surface area contributed by atoms with Crippen LogP contribution in [0.15, 0.2) is 57.3 Å². The number of aliphatic hydroxyl groups is 1. The predicted octanol–water partition coefficient (Wildman–Crippen LogP) is 3.87. The normalized spacial score (nSPS) is 21.9. The quantitative estimate of drug-likeness (QED) is 0.380. The molecule has 1 atom stereocenters. The van der Waals surface area contributed by atoms with Gasteiger partial charge in [0.05, 0.1) is 23.0 Å². The summed E-state index contributed by atoms with van der Waals surface area (Å²) in [5.41, 5.74) is 0.526. The molecule has 2 aliphatic rings. The summed E-state index contributed by atoms with van der Waals surface area (Å²) in [5.74, 6) is -0.809. The van der Waals surface area contributed by atoms with E-state index >= 15 is 0 Å². The van der Waals surface area contributed by atoms with Crippen LogP contribution in [0, 0.1) is 0 Å². The van der Waals surface area contributed by atoms with Crippen molar-refractivity contribution in [1.29, 1.82) is 0 Å². The maximum atomic E-state index is 13.7. The second kappa shape index (κ2) is 9.30. The minimum absolute atomic E-state index is 0. The van der Waals surface area contributed by atoms with Gasteiger partial charge in [-0.1, -0.05) is 48.4 Å². The van der Waals surface area contributed by atoms with Crippen molar-refractivity contribution in [2.45, 2.75) is 37.0 Å². The Labute approximate surface area is 222 Å². The van der Waals surface area contributed by atoms with Gasteiger partial charge in [0.2, 0.25) is 10.0 Å². The summed E-state index contributed by atoms with van der Waals surface area (Å²) < 4.78 is 50.9. The summed E-state index contributed by atoms with van der Waals surface area (Å²) in [6.45, 7) is 3.77. The van der Waals surface area contributed by atoms with Gasteiger partial charge in [0.15, 0.2) is 11.6 Å². The molecule has 0 fully saturated rings. The fourth-order valence-electron chi connectivity index (χ4n) is 4.34. The van der Waals surface area contributed by atoms with E-state index in [0.29, 0.717) is 17.5 Å². The second-order valence-corrected chi connectivity index (χ2v) is 11.8. The molecule has 0 aromatic heterocycles. The second-order valence-electron chi connectivity index (χ2n) is 8.35. The number of carbonyl (C=O) groups is 1. The summed E-state index contributed by atoms with van der Waals surface area (Å²) in [7, 11) is -7.38. The first kappa shape index (κ1) is 26.7. The molecule has 0 bridgehead atoms. The molecular formula is C22H26N3NaO6S2. The summed E-state index contributed by atoms with van der Waals surface area (Å²) in [5, 5.41) is 14.0. The average Bonchev–Trinajstić information content (AvgIpc) is 2.72. The number of Topliss-reactive ketones (excluding diaryl/α,β-unsaturated/α-hetero) is 1. The zero-order valence-electron chi connectivity index (χ0n) is 18.3. The summed E-state index contributed by atoms with van der Waals surface area (Å²) in [6.07, 6.45) is 2.23. The van der Waals surface area contributed by atoms with Crippen LogP contribution in [0.2, 0.25) is 0 Å². The van der Waals surface area contributed by atoms with E-state index in [-0.39, 0.29) is 68.8 Å². The van der Waals surface area contributed by atoms with Crippen molar-refractivity contribution in [2.24, 2.45) is 4.40 Å². The molecule has 1 aliphatic heterocycles. The molecule has 0 saturated heterocycles. The number of amidine groups is 1. The molecule has 2 aromatic carbocycles. The van der Waals surface area contributed by atoms with Crippen LogP contribution in [0.1, 0.15) is 37.8 Å². The zero-order chi connectivity index (χ0) is 24.2. The number of rotatable bonds is 5. The molecule has 0 spiro atoms. The number of fused-ring (bicyclic) bond motifs is 2. The van der Waals surface area contributed by atoms with Gasteiger partial charge in [-0.15, -0.1) is 4.40 Å². The molecule has 0 saturated carbocycles. The van der Waals surface area contributed by atoms with Crippen molar-refractivity contribution >= 4 is 79.1 Å². The van der Waals surface area contributed by atoms with Crippen molar-refractivity contribution < 1.29 is 27.4 Å². The van der Waals surface area contributed by atoms with Crippen molar-refractivity contribution in [3.8, 4) is 0 Å². The Bertz CT molecular complexity index is 1340. The van der Waals surface area contributed by atoms with Gasteiger partial charge in [-0.3, -0.25) is 18.6 Å². The van der Waals surface area contributed by atoms with Gasteiger partial charge in [-0.25, -0.2) is 8.42 Å². The van der Waals surface area contributed by atoms with Gasteiger partial charge in [0.25, 0.3) is 0 Å². The Morgan fingerprint density at radius 3 is 2.50 bits per heavy atom. The van der Waals surface area contributed by atoms with Gasteiger partial charge in [0, 0.05) is 5.56 Å². The topological polar surface area (TPSA) is 148 Å². The number of hydrogen-bond acceptors (Lipinski definition) is 8. The van der Waals surface area contributed by atoms with Crippen LogP contribution in [0.5, 0.6) is 0 Å². The van der Waals surface area contributed by atoms with Crippen LogP contribution in [-0.4, -0.2) is 70.1 Å². The van der Waals surface area contributed by atoms with E-state index in [2.05, 4.69) is 14.4 Å². The molecule has 2 aromatic rings. The summed E-state index contributed by atoms with van der Waals surface area (Å²) in [4.78, 5) is 13.6. The van der Waals surface area contributed by atoms with Crippen LogP contribution >= 0.6 is 10.8 Å². The average molecular weight is 516 g/mol. The Kier molecular flexibility index (Phi) is 7.32. The van der Waals surface area contributed by atoms with Crippen LogP contribution in [0.4, 0.5) is 11.4 Å². The number of nitrogens with zero attached hydrogens (tertiary/aromatic N) is 1. The molecule has 9 nitrogen and oxygen atoms in total. The maximum absolute atomic E-state index is 13.7. The number of nitrogens with one attached hydrogen (secondary N) is 2. The molecule has 1 aliphatic carbocycles. The monoisotopic (exact) mass is 515 g/mol. The summed E-state index contributed by atoms with van der Waals surface area (Å²) >= 11 is 0. The number of carbonyl (C=O) groups excluding carboxylic acids is 1. The first-order valence-electron chi connectivity index (χ1n) is 10.2. The fraction of sp³-hybridized carbons (Fsp3) is 0.273. The standard InChI is InChI=1S/C22H25N3O6S2.Na.H/c1-4-11-22(2)15-8-6-5-7-14(15)19(26)18(20(22)27)21-23-16-10-9-13(24-32(3,28)29)12-17(16)33(30,31)25-21;;/h5-10,12,24,26,30-31H,4,11H2,1-3H3,(H,23,25);;. The molecule has 178 valence electrons. The fourth-order valence-corrected chi connectivity index (χ4v) is 6.09. The van der Waals surface area contributed by atoms with Crippen LogP contribution in [-0.2, 0) is 20.2 Å². The molecule has 1 heterocycles. The van der Waals surface area contributed by atoms with E-state index in [1.807, 2.05) is 26.0 Å². The number of hydrogen-bond donors (Lipinski definition) is 5. The van der Waals surface area contributed by atoms with E-state index in [9.17, 15) is 27.4 Å². The Morgan fingerprint density at radius 2 is 1.85 bits per heavy atom. The number of aliphatic hydroxyl groups excluding tert-OH is 1. The van der Waals surface area contributed by atoms with Crippen molar-refractivity contribution in [2.75, 3.05) is 16.3 Å². The number of sulfonamides is 1. The van der Waals surface area contributed by atoms with Crippen molar-refractivity contribution in [3.63, 3.8) is 0 Å². The van der Waals surface area contributed by atoms with Gasteiger partial charge in [-0.05, 0) is 37.1 Å². The van der Waals surface area contributed by atoms with E-state index < -0.39 is 26.2 Å². The molecule has 1 unspecified atom stereocenters. The minimum atomic E-state index is -3.80. The van der Waals surface area contributed by atoms with Crippen molar-refractivity contribution in [3.05, 3.63) is 59.2 Å². The number of anilines is 2. The third-order valence-corrected chi connectivity index (χ3v) is 7.75. The predicted molar refractivity (Wildman–Crippen MR) is 137 cm³/mol. The van der Waals surface area contributed by atoms with Gasteiger partial charge in [-0.2, -0.15) is 0 Å². The molecule has 0 radical (unpaired) electrons.